The van der Waals surface area contributed by atoms with E-state index in [2.05, 4.69) is 15.5 Å². The lowest BCUT2D eigenvalue weighted by Crippen LogP contribution is -2.21. The lowest BCUT2D eigenvalue weighted by Gasteiger charge is -2.19. The van der Waals surface area contributed by atoms with Gasteiger partial charge in [0.1, 0.15) is 0 Å². The van der Waals surface area contributed by atoms with Crippen molar-refractivity contribution in [1.29, 1.82) is 0 Å². The predicted molar refractivity (Wildman–Crippen MR) is 87.3 cm³/mol. The molecule has 2 N–H and O–H groups in total. The number of thioether (sulfide) groups is 1. The Morgan fingerprint density at radius 3 is 2.81 bits per heavy atom. The first-order valence-electron chi connectivity index (χ1n) is 6.43. The zero-order chi connectivity index (χ0) is 15.1. The summed E-state index contributed by atoms with van der Waals surface area (Å²) in [7, 11) is 0. The fourth-order valence-corrected chi connectivity index (χ4v) is 4.30. The van der Waals surface area contributed by atoms with Gasteiger partial charge in [0, 0.05) is 21.3 Å². The molecule has 1 aromatic carbocycles. The van der Waals surface area contributed by atoms with Crippen LogP contribution in [0.3, 0.4) is 0 Å². The van der Waals surface area contributed by atoms with Crippen molar-refractivity contribution >= 4 is 46.7 Å². The number of aryl methyl sites for hydroxylation is 1. The highest BCUT2D eigenvalue weighted by molar-refractivity contribution is 8.01. The van der Waals surface area contributed by atoms with Crippen molar-refractivity contribution < 1.29 is 4.79 Å². The number of hydrogen-bond donors (Lipinski definition) is 2. The summed E-state index contributed by atoms with van der Waals surface area (Å²) in [5.41, 5.74) is 2.81. The molecule has 0 saturated heterocycles. The molecule has 21 heavy (non-hydrogen) atoms. The largest absolute Gasteiger partial charge is 0.308 e. The molecule has 2 heterocycles. The Bertz CT molecular complexity index is 716. The SMILES string of the molecule is Cc1[nH]nc2c1[C@@H](c1ccc(Cl)cc1Cl)S[C@@H](C)C(=O)N2. The number of aromatic nitrogens is 2. The van der Waals surface area contributed by atoms with E-state index in [9.17, 15) is 4.79 Å². The second-order valence-electron chi connectivity index (χ2n) is 4.92. The lowest BCUT2D eigenvalue weighted by molar-refractivity contribution is -0.115. The molecular weight excluding hydrogens is 329 g/mol. The Hall–Kier alpha value is -1.17. The summed E-state index contributed by atoms with van der Waals surface area (Å²) in [6.07, 6.45) is 0. The first-order chi connectivity index (χ1) is 9.97. The molecule has 0 aliphatic carbocycles. The minimum absolute atomic E-state index is 0.0552. The third-order valence-electron chi connectivity index (χ3n) is 3.45. The van der Waals surface area contributed by atoms with Crippen LogP contribution >= 0.6 is 35.0 Å². The van der Waals surface area contributed by atoms with Crippen LogP contribution in [0.4, 0.5) is 5.82 Å². The Morgan fingerprint density at radius 1 is 1.33 bits per heavy atom. The van der Waals surface area contributed by atoms with Gasteiger partial charge in [-0.2, -0.15) is 5.10 Å². The number of fused-ring (bicyclic) bond motifs is 1. The van der Waals surface area contributed by atoms with E-state index in [1.54, 1.807) is 17.8 Å². The highest BCUT2D eigenvalue weighted by Crippen LogP contribution is 2.46. The second kappa shape index (κ2) is 5.55. The summed E-state index contributed by atoms with van der Waals surface area (Å²) in [6.45, 7) is 3.81. The summed E-state index contributed by atoms with van der Waals surface area (Å²) in [4.78, 5) is 12.1. The molecule has 1 aliphatic heterocycles. The Balaban J connectivity index is 2.15. The van der Waals surface area contributed by atoms with Crippen molar-refractivity contribution in [2.24, 2.45) is 0 Å². The van der Waals surface area contributed by atoms with Gasteiger partial charge in [-0.25, -0.2) is 0 Å². The molecule has 0 unspecified atom stereocenters. The number of benzene rings is 1. The molecule has 7 heteroatoms. The van der Waals surface area contributed by atoms with Gasteiger partial charge in [0.2, 0.25) is 5.91 Å². The fourth-order valence-electron chi connectivity index (χ4n) is 2.35. The van der Waals surface area contributed by atoms with Gasteiger partial charge in [-0.3, -0.25) is 9.89 Å². The maximum Gasteiger partial charge on any atom is 0.238 e. The smallest absolute Gasteiger partial charge is 0.238 e. The molecule has 4 nitrogen and oxygen atoms in total. The van der Waals surface area contributed by atoms with Crippen LogP contribution in [0, 0.1) is 6.92 Å². The summed E-state index contributed by atoms with van der Waals surface area (Å²) in [6, 6.07) is 5.43. The topological polar surface area (TPSA) is 57.8 Å². The van der Waals surface area contributed by atoms with Crippen LogP contribution < -0.4 is 5.32 Å². The van der Waals surface area contributed by atoms with E-state index in [0.717, 1.165) is 16.8 Å². The lowest BCUT2D eigenvalue weighted by atomic mass is 10.0. The molecule has 0 spiro atoms. The normalized spacial score (nSPS) is 21.6. The van der Waals surface area contributed by atoms with Gasteiger partial charge in [-0.05, 0) is 31.5 Å². The van der Waals surface area contributed by atoms with E-state index in [0.29, 0.717) is 15.9 Å². The summed E-state index contributed by atoms with van der Waals surface area (Å²) < 4.78 is 0. The zero-order valence-corrected chi connectivity index (χ0v) is 13.7. The predicted octanol–water partition coefficient (Wildman–Crippen LogP) is 4.19. The van der Waals surface area contributed by atoms with E-state index in [4.69, 9.17) is 23.2 Å². The minimum atomic E-state index is -0.199. The quantitative estimate of drug-likeness (QED) is 0.817. The standard InChI is InChI=1S/C14H13Cl2N3OS/c1-6-11-12(9-4-3-8(15)5-10(9)16)21-7(2)14(20)17-13(11)19-18-6/h3-5,7,12H,1-2H3,(H2,17,18,19,20)/t7-,12+/m0/s1. The van der Waals surface area contributed by atoms with Gasteiger partial charge in [0.25, 0.3) is 0 Å². The average molecular weight is 342 g/mol. The number of H-pyrrole nitrogens is 1. The highest BCUT2D eigenvalue weighted by Gasteiger charge is 2.33. The third kappa shape index (κ3) is 2.65. The van der Waals surface area contributed by atoms with Crippen LogP contribution in [0.5, 0.6) is 0 Å². The average Bonchev–Trinajstić information content (AvgIpc) is 2.71. The number of amides is 1. The first-order valence-corrected chi connectivity index (χ1v) is 8.13. The van der Waals surface area contributed by atoms with Gasteiger partial charge in [0.15, 0.2) is 5.82 Å². The van der Waals surface area contributed by atoms with Crippen molar-refractivity contribution in [2.45, 2.75) is 24.3 Å². The second-order valence-corrected chi connectivity index (χ2v) is 7.22. The molecule has 0 fully saturated rings. The van der Waals surface area contributed by atoms with Gasteiger partial charge < -0.3 is 5.32 Å². The molecule has 1 amide bonds. The van der Waals surface area contributed by atoms with Crippen LogP contribution in [0.2, 0.25) is 10.0 Å². The van der Waals surface area contributed by atoms with Crippen molar-refractivity contribution in [3.05, 3.63) is 45.1 Å². The van der Waals surface area contributed by atoms with Gasteiger partial charge in [0.05, 0.1) is 10.5 Å². The minimum Gasteiger partial charge on any atom is -0.308 e. The van der Waals surface area contributed by atoms with Crippen LogP contribution in [-0.4, -0.2) is 21.4 Å². The Kier molecular flexibility index (Phi) is 3.90. The number of rotatable bonds is 1. The molecule has 0 saturated carbocycles. The molecule has 3 rings (SSSR count). The summed E-state index contributed by atoms with van der Waals surface area (Å²) in [5, 5.41) is 10.9. The van der Waals surface area contributed by atoms with E-state index in [1.807, 2.05) is 26.0 Å². The number of carbonyl (C=O) groups is 1. The van der Waals surface area contributed by atoms with Gasteiger partial charge in [-0.15, -0.1) is 11.8 Å². The maximum absolute atomic E-state index is 12.1. The molecule has 0 radical (unpaired) electrons. The summed E-state index contributed by atoms with van der Waals surface area (Å²) >= 11 is 13.9. The van der Waals surface area contributed by atoms with E-state index in [1.165, 1.54) is 0 Å². The molecule has 1 aromatic heterocycles. The number of carbonyl (C=O) groups excluding carboxylic acids is 1. The van der Waals surface area contributed by atoms with Crippen molar-refractivity contribution in [1.82, 2.24) is 10.2 Å². The van der Waals surface area contributed by atoms with Crippen LogP contribution in [0.1, 0.15) is 29.0 Å². The molecule has 0 bridgehead atoms. The number of nitrogens with zero attached hydrogens (tertiary/aromatic N) is 1. The number of nitrogens with one attached hydrogen (secondary N) is 2. The van der Waals surface area contributed by atoms with Crippen LogP contribution in [0.25, 0.3) is 0 Å². The van der Waals surface area contributed by atoms with E-state index < -0.39 is 0 Å². The van der Waals surface area contributed by atoms with Crippen molar-refractivity contribution in [2.75, 3.05) is 5.32 Å². The van der Waals surface area contributed by atoms with Crippen LogP contribution in [-0.2, 0) is 4.79 Å². The Morgan fingerprint density at radius 2 is 2.10 bits per heavy atom. The van der Waals surface area contributed by atoms with Crippen LogP contribution in [0.15, 0.2) is 18.2 Å². The van der Waals surface area contributed by atoms with E-state index in [-0.39, 0.29) is 16.4 Å². The highest BCUT2D eigenvalue weighted by atomic mass is 35.5. The van der Waals surface area contributed by atoms with E-state index >= 15 is 0 Å². The van der Waals surface area contributed by atoms with Crippen molar-refractivity contribution in [3.63, 3.8) is 0 Å². The molecule has 2 aromatic rings. The molecule has 2 atom stereocenters. The van der Waals surface area contributed by atoms with Gasteiger partial charge >= 0.3 is 0 Å². The summed E-state index contributed by atoms with van der Waals surface area (Å²) in [5.74, 6) is 0.519. The molecule has 110 valence electrons. The molecular formula is C14H13Cl2N3OS. The Labute approximate surface area is 136 Å². The number of anilines is 1. The number of aromatic amines is 1. The fraction of sp³-hybridized carbons (Fsp3) is 0.286. The maximum atomic E-state index is 12.1. The number of halogens is 2. The number of hydrogen-bond acceptors (Lipinski definition) is 3. The van der Waals surface area contributed by atoms with Gasteiger partial charge in [-0.1, -0.05) is 29.3 Å². The first kappa shape index (κ1) is 14.8. The monoisotopic (exact) mass is 341 g/mol. The van der Waals surface area contributed by atoms with Crippen molar-refractivity contribution in [3.8, 4) is 0 Å². The third-order valence-corrected chi connectivity index (χ3v) is 5.40. The molecule has 1 aliphatic rings. The zero-order valence-electron chi connectivity index (χ0n) is 11.4.